The van der Waals surface area contributed by atoms with Crippen LogP contribution in [0.3, 0.4) is 0 Å². The minimum absolute atomic E-state index is 0.0498. The molecule has 9 nitrogen and oxygen atoms in total. The summed E-state index contributed by atoms with van der Waals surface area (Å²) >= 11 is 0. The zero-order chi connectivity index (χ0) is 25.5. The van der Waals surface area contributed by atoms with Crippen molar-refractivity contribution in [1.82, 2.24) is 19.9 Å². The van der Waals surface area contributed by atoms with Crippen molar-refractivity contribution in [3.8, 4) is 0 Å². The first-order chi connectivity index (χ1) is 17.3. The molecule has 1 saturated carbocycles. The van der Waals surface area contributed by atoms with Crippen molar-refractivity contribution in [2.75, 3.05) is 0 Å². The molecule has 3 aromatic rings. The first-order valence-corrected chi connectivity index (χ1v) is 14.1. The molecule has 1 atom stereocenters. The van der Waals surface area contributed by atoms with E-state index in [0.29, 0.717) is 24.0 Å². The predicted molar refractivity (Wildman–Crippen MR) is 133 cm³/mol. The van der Waals surface area contributed by atoms with Crippen LogP contribution in [0.4, 0.5) is 0 Å². The Bertz CT molecular complexity index is 1440. The van der Waals surface area contributed by atoms with E-state index in [1.807, 2.05) is 26.0 Å². The number of sulfone groups is 1. The average molecular weight is 511 g/mol. The van der Waals surface area contributed by atoms with Crippen molar-refractivity contribution in [1.29, 1.82) is 0 Å². The lowest BCUT2D eigenvalue weighted by molar-refractivity contribution is -0.149. The largest absolute Gasteiger partial charge is 0.507 e. The number of carbonyl (C=O) groups excluding carboxylic acids is 1. The average Bonchev–Trinajstić information content (AvgIpc) is 3.50. The van der Waals surface area contributed by atoms with Gasteiger partial charge in [-0.25, -0.2) is 28.2 Å². The van der Waals surface area contributed by atoms with Gasteiger partial charge in [0.25, 0.3) is 0 Å². The number of ether oxygens (including phenoxy) is 1. The van der Waals surface area contributed by atoms with E-state index >= 15 is 0 Å². The number of fused-ring (bicyclic) bond motifs is 1. The molecule has 36 heavy (non-hydrogen) atoms. The summed E-state index contributed by atoms with van der Waals surface area (Å²) in [5.41, 5.74) is 1.31. The number of nitrogens with zero attached hydrogens (tertiary/aromatic N) is 3. The fourth-order valence-corrected chi connectivity index (χ4v) is 6.84. The smallest absolute Gasteiger partial charge is 0.339 e. The maximum absolute atomic E-state index is 13.3. The topological polar surface area (TPSA) is 135 Å². The van der Waals surface area contributed by atoms with Gasteiger partial charge in [0, 0.05) is 5.92 Å². The second kappa shape index (κ2) is 9.31. The van der Waals surface area contributed by atoms with Gasteiger partial charge in [-0.1, -0.05) is 51.0 Å². The summed E-state index contributed by atoms with van der Waals surface area (Å²) in [6, 6.07) is 7.25. The van der Waals surface area contributed by atoms with E-state index < -0.39 is 21.4 Å². The van der Waals surface area contributed by atoms with Gasteiger partial charge in [-0.15, -0.1) is 0 Å². The molecule has 0 bridgehead atoms. The van der Waals surface area contributed by atoms with E-state index in [-0.39, 0.29) is 39.5 Å². The van der Waals surface area contributed by atoms with E-state index in [1.54, 1.807) is 12.1 Å². The lowest BCUT2D eigenvalue weighted by Crippen LogP contribution is -2.31. The van der Waals surface area contributed by atoms with Crippen LogP contribution in [-0.4, -0.2) is 45.0 Å². The third-order valence-corrected chi connectivity index (χ3v) is 8.67. The van der Waals surface area contributed by atoms with Gasteiger partial charge in [-0.3, -0.25) is 0 Å². The molecule has 0 saturated heterocycles. The molecule has 1 aliphatic carbocycles. The Balaban J connectivity index is 1.51. The SMILES string of the molecule is CCCC1(CCC)OC(=O)C(C(c2cccc(CS(=O)(=O)c3ncnc4nc[nH]c34)c2)C2CC2)=C1O. The maximum Gasteiger partial charge on any atom is 0.339 e. The second-order valence-electron chi connectivity index (χ2n) is 9.75. The summed E-state index contributed by atoms with van der Waals surface area (Å²) < 4.78 is 32.4. The minimum atomic E-state index is -3.81. The third-order valence-electron chi connectivity index (χ3n) is 7.06. The molecule has 3 heterocycles. The summed E-state index contributed by atoms with van der Waals surface area (Å²) in [7, 11) is -3.81. The highest BCUT2D eigenvalue weighted by atomic mass is 32.2. The van der Waals surface area contributed by atoms with Crippen molar-refractivity contribution >= 4 is 27.0 Å². The van der Waals surface area contributed by atoms with Crippen LogP contribution in [-0.2, 0) is 25.1 Å². The number of aromatic amines is 1. The highest BCUT2D eigenvalue weighted by Gasteiger charge is 2.51. The number of aromatic nitrogens is 4. The van der Waals surface area contributed by atoms with Crippen LogP contribution in [0, 0.1) is 5.92 Å². The summed E-state index contributed by atoms with van der Waals surface area (Å²) in [5.74, 6) is -0.823. The number of cyclic esters (lactones) is 1. The Hall–Kier alpha value is -3.27. The molecule has 10 heteroatoms. The predicted octanol–water partition coefficient (Wildman–Crippen LogP) is 4.53. The lowest BCUT2D eigenvalue weighted by Gasteiger charge is -2.27. The Labute approximate surface area is 210 Å². The Morgan fingerprint density at radius 2 is 1.92 bits per heavy atom. The Morgan fingerprint density at radius 1 is 1.17 bits per heavy atom. The van der Waals surface area contributed by atoms with Crippen LogP contribution in [0.5, 0.6) is 0 Å². The molecular weight excluding hydrogens is 480 g/mol. The fraction of sp³-hybridized carbons (Fsp3) is 0.462. The number of nitrogens with one attached hydrogen (secondary N) is 1. The first-order valence-electron chi connectivity index (χ1n) is 12.4. The molecule has 1 unspecified atom stereocenters. The number of carbonyl (C=O) groups is 1. The van der Waals surface area contributed by atoms with Gasteiger partial charge in [-0.2, -0.15) is 0 Å². The number of hydrogen-bond donors (Lipinski definition) is 2. The Kier molecular flexibility index (Phi) is 6.32. The van der Waals surface area contributed by atoms with Crippen LogP contribution in [0.1, 0.15) is 69.4 Å². The molecule has 5 rings (SSSR count). The van der Waals surface area contributed by atoms with Gasteiger partial charge in [0.2, 0.25) is 9.84 Å². The van der Waals surface area contributed by atoms with Crippen molar-refractivity contribution in [2.45, 2.75) is 74.7 Å². The van der Waals surface area contributed by atoms with Gasteiger partial charge < -0.3 is 14.8 Å². The van der Waals surface area contributed by atoms with Crippen LogP contribution >= 0.6 is 0 Å². The summed E-state index contributed by atoms with van der Waals surface area (Å²) in [4.78, 5) is 28.0. The number of aliphatic hydroxyl groups excluding tert-OH is 1. The molecule has 0 radical (unpaired) electrons. The van der Waals surface area contributed by atoms with E-state index in [0.717, 1.165) is 31.2 Å². The molecule has 2 N–H and O–H groups in total. The van der Waals surface area contributed by atoms with Gasteiger partial charge in [-0.05, 0) is 42.7 Å². The van der Waals surface area contributed by atoms with E-state index in [9.17, 15) is 18.3 Å². The van der Waals surface area contributed by atoms with Gasteiger partial charge in [0.1, 0.15) is 17.6 Å². The maximum atomic E-state index is 13.3. The molecule has 2 aliphatic rings. The number of aliphatic hydroxyl groups is 1. The minimum Gasteiger partial charge on any atom is -0.507 e. The van der Waals surface area contributed by atoms with Crippen molar-refractivity contribution in [2.24, 2.45) is 5.92 Å². The molecule has 1 aliphatic heterocycles. The van der Waals surface area contributed by atoms with Crippen molar-refractivity contribution in [3.63, 3.8) is 0 Å². The molecule has 0 amide bonds. The van der Waals surface area contributed by atoms with Gasteiger partial charge in [0.15, 0.2) is 16.3 Å². The normalized spacial score (nSPS) is 18.6. The standard InChI is InChI=1S/C26H30N4O5S/c1-3-10-26(11-4-2)22(31)20(25(32)35-26)19(17-8-9-17)18-7-5-6-16(12-18)13-36(33,34)24-21-23(28-14-27-21)29-15-30-24/h5-7,12,14-15,17,19,31H,3-4,8-11,13H2,1-2H3,(H,27,28,29,30). The van der Waals surface area contributed by atoms with E-state index in [4.69, 9.17) is 4.74 Å². The number of hydrogen-bond acceptors (Lipinski definition) is 8. The summed E-state index contributed by atoms with van der Waals surface area (Å²) in [6.07, 6.45) is 7.14. The highest BCUT2D eigenvalue weighted by Crippen LogP contribution is 2.52. The van der Waals surface area contributed by atoms with E-state index in [2.05, 4.69) is 19.9 Å². The molecule has 2 aromatic heterocycles. The fourth-order valence-electron chi connectivity index (χ4n) is 5.42. The van der Waals surface area contributed by atoms with Gasteiger partial charge in [0.05, 0.1) is 17.7 Å². The number of benzene rings is 1. The van der Waals surface area contributed by atoms with Crippen LogP contribution in [0.2, 0.25) is 0 Å². The molecule has 190 valence electrons. The van der Waals surface area contributed by atoms with Crippen LogP contribution in [0.15, 0.2) is 53.3 Å². The second-order valence-corrected chi connectivity index (χ2v) is 11.7. The number of rotatable bonds is 10. The summed E-state index contributed by atoms with van der Waals surface area (Å²) in [6.45, 7) is 4.01. The van der Waals surface area contributed by atoms with Crippen LogP contribution in [0.25, 0.3) is 11.2 Å². The quantitative estimate of drug-likeness (QED) is 0.300. The van der Waals surface area contributed by atoms with Crippen molar-refractivity contribution in [3.05, 3.63) is 59.4 Å². The Morgan fingerprint density at radius 3 is 2.61 bits per heavy atom. The number of H-pyrrole nitrogens is 1. The molecule has 1 fully saturated rings. The lowest BCUT2D eigenvalue weighted by atomic mass is 9.82. The number of imidazole rings is 1. The summed E-state index contributed by atoms with van der Waals surface area (Å²) in [5, 5.41) is 11.2. The zero-order valence-electron chi connectivity index (χ0n) is 20.4. The monoisotopic (exact) mass is 510 g/mol. The third kappa shape index (κ3) is 4.27. The van der Waals surface area contributed by atoms with Crippen LogP contribution < -0.4 is 0 Å². The first kappa shape index (κ1) is 24.4. The van der Waals surface area contributed by atoms with Gasteiger partial charge >= 0.3 is 5.97 Å². The van der Waals surface area contributed by atoms with E-state index in [1.165, 1.54) is 12.7 Å². The zero-order valence-corrected chi connectivity index (χ0v) is 21.2. The molecule has 0 spiro atoms. The molecule has 1 aromatic carbocycles. The highest BCUT2D eigenvalue weighted by molar-refractivity contribution is 7.90. The van der Waals surface area contributed by atoms with Crippen molar-refractivity contribution < 1.29 is 23.1 Å². The molecular formula is C26H30N4O5S. The number of esters is 1.